The van der Waals surface area contributed by atoms with Crippen molar-refractivity contribution < 1.29 is 4.79 Å². The highest BCUT2D eigenvalue weighted by atomic mass is 79.9. The minimum Gasteiger partial charge on any atom is -0.335 e. The highest BCUT2D eigenvalue weighted by molar-refractivity contribution is 9.10. The van der Waals surface area contributed by atoms with Gasteiger partial charge in [0.15, 0.2) is 0 Å². The van der Waals surface area contributed by atoms with Crippen LogP contribution in [0.5, 0.6) is 0 Å². The van der Waals surface area contributed by atoms with Crippen LogP contribution < -0.4 is 5.32 Å². The van der Waals surface area contributed by atoms with Gasteiger partial charge in [0.05, 0.1) is 12.0 Å². The summed E-state index contributed by atoms with van der Waals surface area (Å²) in [6.07, 6.45) is 1.99. The van der Waals surface area contributed by atoms with Gasteiger partial charge in [-0.3, -0.25) is 4.79 Å². The van der Waals surface area contributed by atoms with E-state index < -0.39 is 0 Å². The average Bonchev–Trinajstić information content (AvgIpc) is 3.34. The number of nitrogens with one attached hydrogen (secondary N) is 1. The predicted molar refractivity (Wildman–Crippen MR) is 133 cm³/mol. The van der Waals surface area contributed by atoms with Crippen molar-refractivity contribution in [3.63, 3.8) is 0 Å². The number of likely N-dealkylation sites (tertiary alicyclic amines) is 1. The van der Waals surface area contributed by atoms with Crippen LogP contribution in [0, 0.1) is 5.92 Å². The summed E-state index contributed by atoms with van der Waals surface area (Å²) < 4.78 is 1.07. The van der Waals surface area contributed by atoms with E-state index >= 15 is 0 Å². The molecule has 3 aromatic carbocycles. The fourth-order valence-electron chi connectivity index (χ4n) is 5.49. The molecule has 0 bridgehead atoms. The molecular formula is C28H29BrN2O. The Morgan fingerprint density at radius 1 is 0.844 bits per heavy atom. The third kappa shape index (κ3) is 4.39. The third-order valence-corrected chi connectivity index (χ3v) is 7.64. The van der Waals surface area contributed by atoms with Crippen LogP contribution in [0.15, 0.2) is 89.4 Å². The standard InChI is InChI=1S/C28H29BrN2O/c29-24-13-7-12-23(16-24)25-18-30-19-26(25)28(32)31-15-14-22(20-8-3-1-4-9-20)17-27(31)21-10-5-2-6-11-21/h1-13,16,22,25-27,30H,14-15,17-19H2/t22-,25-,26+,27+/m0/s1. The molecule has 3 nitrogen and oxygen atoms in total. The van der Waals surface area contributed by atoms with Crippen molar-refractivity contribution in [1.29, 1.82) is 0 Å². The first-order chi connectivity index (χ1) is 15.7. The lowest BCUT2D eigenvalue weighted by Gasteiger charge is -2.42. The van der Waals surface area contributed by atoms with Gasteiger partial charge < -0.3 is 10.2 Å². The van der Waals surface area contributed by atoms with Gasteiger partial charge in [-0.1, -0.05) is 88.7 Å². The summed E-state index contributed by atoms with van der Waals surface area (Å²) in [5.74, 6) is 0.959. The number of nitrogens with zero attached hydrogens (tertiary/aromatic N) is 1. The first kappa shape index (κ1) is 21.4. The molecule has 3 aromatic rings. The predicted octanol–water partition coefficient (Wildman–Crippen LogP) is 5.90. The number of carbonyl (C=O) groups is 1. The summed E-state index contributed by atoms with van der Waals surface area (Å²) in [6, 6.07) is 29.9. The van der Waals surface area contributed by atoms with Crippen LogP contribution in [-0.2, 0) is 4.79 Å². The minimum absolute atomic E-state index is 0.0243. The second kappa shape index (κ2) is 9.60. The van der Waals surface area contributed by atoms with Crippen LogP contribution in [0.4, 0.5) is 0 Å². The highest BCUT2D eigenvalue weighted by Gasteiger charge is 2.41. The van der Waals surface area contributed by atoms with Gasteiger partial charge in [0.25, 0.3) is 0 Å². The number of hydrogen-bond donors (Lipinski definition) is 1. The lowest BCUT2D eigenvalue weighted by molar-refractivity contribution is -0.139. The fraction of sp³-hybridized carbons (Fsp3) is 0.321. The monoisotopic (exact) mass is 488 g/mol. The number of halogens is 1. The number of hydrogen-bond acceptors (Lipinski definition) is 2. The van der Waals surface area contributed by atoms with Crippen LogP contribution in [0.25, 0.3) is 0 Å². The molecule has 4 atom stereocenters. The molecule has 1 N–H and O–H groups in total. The molecule has 2 aliphatic rings. The summed E-state index contributed by atoms with van der Waals surface area (Å²) in [4.78, 5) is 16.1. The fourth-order valence-corrected chi connectivity index (χ4v) is 5.90. The molecule has 5 rings (SSSR count). The largest absolute Gasteiger partial charge is 0.335 e. The van der Waals surface area contributed by atoms with Crippen LogP contribution in [0.1, 0.15) is 47.4 Å². The molecule has 0 saturated carbocycles. The maximum atomic E-state index is 14.0. The topological polar surface area (TPSA) is 32.3 Å². The molecule has 2 saturated heterocycles. The second-order valence-electron chi connectivity index (χ2n) is 9.02. The molecule has 32 heavy (non-hydrogen) atoms. The molecule has 2 fully saturated rings. The van der Waals surface area contributed by atoms with Crippen molar-refractivity contribution in [2.75, 3.05) is 19.6 Å². The molecule has 0 aliphatic carbocycles. The van der Waals surface area contributed by atoms with E-state index in [2.05, 4.69) is 105 Å². The van der Waals surface area contributed by atoms with Crippen molar-refractivity contribution in [2.45, 2.75) is 30.7 Å². The van der Waals surface area contributed by atoms with Crippen LogP contribution in [-0.4, -0.2) is 30.4 Å². The quantitative estimate of drug-likeness (QED) is 0.495. The van der Waals surface area contributed by atoms with Crippen molar-refractivity contribution >= 4 is 21.8 Å². The second-order valence-corrected chi connectivity index (χ2v) is 9.93. The van der Waals surface area contributed by atoms with Crippen molar-refractivity contribution in [3.05, 3.63) is 106 Å². The first-order valence-electron chi connectivity index (χ1n) is 11.6. The molecule has 0 aromatic heterocycles. The Hall–Kier alpha value is -2.43. The van der Waals surface area contributed by atoms with Crippen LogP contribution >= 0.6 is 15.9 Å². The van der Waals surface area contributed by atoms with Crippen LogP contribution in [0.2, 0.25) is 0 Å². The summed E-state index contributed by atoms with van der Waals surface area (Å²) in [6.45, 7) is 2.40. The third-order valence-electron chi connectivity index (χ3n) is 7.15. The molecule has 164 valence electrons. The van der Waals surface area contributed by atoms with E-state index in [1.807, 2.05) is 6.07 Å². The Balaban J connectivity index is 1.42. The Kier molecular flexibility index (Phi) is 6.42. The number of benzene rings is 3. The van der Waals surface area contributed by atoms with E-state index in [-0.39, 0.29) is 17.9 Å². The first-order valence-corrected chi connectivity index (χ1v) is 12.4. The Labute approximate surface area is 199 Å². The Morgan fingerprint density at radius 2 is 1.53 bits per heavy atom. The minimum atomic E-state index is -0.0243. The maximum absolute atomic E-state index is 14.0. The summed E-state index contributed by atoms with van der Waals surface area (Å²) in [5.41, 5.74) is 3.86. The van der Waals surface area contributed by atoms with Gasteiger partial charge in [-0.15, -0.1) is 0 Å². The number of carbonyl (C=O) groups excluding carboxylic acids is 1. The van der Waals surface area contributed by atoms with E-state index in [0.29, 0.717) is 11.8 Å². The Bertz CT molecular complexity index is 1060. The number of rotatable bonds is 4. The molecule has 0 radical (unpaired) electrons. The summed E-state index contributed by atoms with van der Waals surface area (Å²) in [7, 11) is 0. The average molecular weight is 489 g/mol. The number of amides is 1. The van der Waals surface area contributed by atoms with Gasteiger partial charge >= 0.3 is 0 Å². The van der Waals surface area contributed by atoms with E-state index in [0.717, 1.165) is 36.9 Å². The van der Waals surface area contributed by atoms with Gasteiger partial charge in [-0.25, -0.2) is 0 Å². The van der Waals surface area contributed by atoms with Gasteiger partial charge in [0, 0.05) is 30.0 Å². The molecule has 4 heteroatoms. The lowest BCUT2D eigenvalue weighted by Crippen LogP contribution is -2.45. The molecule has 1 amide bonds. The van der Waals surface area contributed by atoms with E-state index in [4.69, 9.17) is 0 Å². The highest BCUT2D eigenvalue weighted by Crippen LogP contribution is 2.41. The molecule has 0 unspecified atom stereocenters. The zero-order valence-electron chi connectivity index (χ0n) is 18.2. The van der Waals surface area contributed by atoms with E-state index in [1.165, 1.54) is 16.7 Å². The SMILES string of the molecule is O=C([C@@H]1CNC[C@H]1c1cccc(Br)c1)N1CC[C@H](c2ccccc2)C[C@@H]1c1ccccc1. The maximum Gasteiger partial charge on any atom is 0.228 e. The van der Waals surface area contributed by atoms with Gasteiger partial charge in [-0.05, 0) is 47.6 Å². The van der Waals surface area contributed by atoms with Crippen molar-refractivity contribution in [2.24, 2.45) is 5.92 Å². The van der Waals surface area contributed by atoms with Gasteiger partial charge in [-0.2, -0.15) is 0 Å². The molecular weight excluding hydrogens is 460 g/mol. The number of piperidine rings is 1. The zero-order chi connectivity index (χ0) is 21.9. The summed E-state index contributed by atoms with van der Waals surface area (Å²) in [5, 5.41) is 3.49. The normalized spacial score (nSPS) is 25.6. The van der Waals surface area contributed by atoms with Crippen molar-refractivity contribution in [1.82, 2.24) is 10.2 Å². The zero-order valence-corrected chi connectivity index (χ0v) is 19.7. The lowest BCUT2D eigenvalue weighted by atomic mass is 9.81. The van der Waals surface area contributed by atoms with Gasteiger partial charge in [0.1, 0.15) is 0 Å². The van der Waals surface area contributed by atoms with Crippen LogP contribution in [0.3, 0.4) is 0 Å². The molecule has 2 aliphatic heterocycles. The smallest absolute Gasteiger partial charge is 0.228 e. The van der Waals surface area contributed by atoms with Gasteiger partial charge in [0.2, 0.25) is 5.91 Å². The van der Waals surface area contributed by atoms with E-state index in [1.54, 1.807) is 0 Å². The summed E-state index contributed by atoms with van der Waals surface area (Å²) >= 11 is 3.60. The molecule has 2 heterocycles. The Morgan fingerprint density at radius 3 is 2.25 bits per heavy atom. The molecule has 0 spiro atoms. The van der Waals surface area contributed by atoms with E-state index in [9.17, 15) is 4.79 Å². The van der Waals surface area contributed by atoms with Crippen molar-refractivity contribution in [3.8, 4) is 0 Å².